The minimum atomic E-state index is -0.266. The fourth-order valence-electron chi connectivity index (χ4n) is 2.94. The van der Waals surface area contributed by atoms with Gasteiger partial charge in [-0.2, -0.15) is 0 Å². The average molecular weight is 377 g/mol. The summed E-state index contributed by atoms with van der Waals surface area (Å²) in [6, 6.07) is 14.8. The summed E-state index contributed by atoms with van der Waals surface area (Å²) in [5.74, 6) is 1.51. The Morgan fingerprint density at radius 2 is 1.68 bits per heavy atom. The van der Waals surface area contributed by atoms with Gasteiger partial charge in [-0.25, -0.2) is 4.98 Å². The van der Waals surface area contributed by atoms with Gasteiger partial charge in [0.05, 0.1) is 19.9 Å². The molecule has 6 nitrogen and oxygen atoms in total. The van der Waals surface area contributed by atoms with E-state index in [-0.39, 0.29) is 5.91 Å². The van der Waals surface area contributed by atoms with Crippen molar-refractivity contribution in [1.82, 2.24) is 4.98 Å². The number of amides is 1. The van der Waals surface area contributed by atoms with Crippen LogP contribution in [0.15, 0.2) is 54.7 Å². The quantitative estimate of drug-likeness (QED) is 0.651. The van der Waals surface area contributed by atoms with E-state index in [0.717, 1.165) is 16.8 Å². The molecule has 1 amide bonds. The Kier molecular flexibility index (Phi) is 5.79. The van der Waals surface area contributed by atoms with E-state index >= 15 is 0 Å². The lowest BCUT2D eigenvalue weighted by Gasteiger charge is -2.12. The van der Waals surface area contributed by atoms with Gasteiger partial charge in [0, 0.05) is 23.5 Å². The molecule has 6 heteroatoms. The highest BCUT2D eigenvalue weighted by Gasteiger charge is 2.12. The monoisotopic (exact) mass is 377 g/mol. The van der Waals surface area contributed by atoms with Crippen LogP contribution < -0.4 is 20.1 Å². The number of aromatic nitrogens is 1. The molecule has 0 saturated carbocycles. The van der Waals surface area contributed by atoms with Gasteiger partial charge in [-0.15, -0.1) is 0 Å². The molecule has 0 atom stereocenters. The third-order valence-electron chi connectivity index (χ3n) is 4.17. The van der Waals surface area contributed by atoms with E-state index in [4.69, 9.17) is 9.47 Å². The molecule has 1 heterocycles. The molecule has 0 fully saturated rings. The number of rotatable bonds is 6. The predicted molar refractivity (Wildman–Crippen MR) is 111 cm³/mol. The lowest BCUT2D eigenvalue weighted by atomic mass is 10.1. The second-order valence-electron chi connectivity index (χ2n) is 6.45. The first-order chi connectivity index (χ1) is 13.5. The standard InChI is InChI=1S/C22H23N3O3/c1-14-9-15(2)11-17(10-14)24-21-12-16(7-8-23-21)22(26)25-19-13-18(27-3)5-6-20(19)28-4/h5-13H,1-4H3,(H,23,24)(H,25,26). The van der Waals surface area contributed by atoms with Crippen LogP contribution in [0.3, 0.4) is 0 Å². The van der Waals surface area contributed by atoms with Gasteiger partial charge in [-0.05, 0) is 61.4 Å². The van der Waals surface area contributed by atoms with Crippen LogP contribution in [0.4, 0.5) is 17.2 Å². The molecule has 1 aromatic heterocycles. The van der Waals surface area contributed by atoms with Gasteiger partial charge in [-0.1, -0.05) is 6.07 Å². The highest BCUT2D eigenvalue weighted by molar-refractivity contribution is 6.05. The van der Waals surface area contributed by atoms with E-state index in [2.05, 4.69) is 21.7 Å². The van der Waals surface area contributed by atoms with Gasteiger partial charge in [0.1, 0.15) is 17.3 Å². The van der Waals surface area contributed by atoms with E-state index in [1.807, 2.05) is 26.0 Å². The maximum Gasteiger partial charge on any atom is 0.255 e. The first kappa shape index (κ1) is 19.2. The van der Waals surface area contributed by atoms with Crippen LogP contribution in [0.2, 0.25) is 0 Å². The van der Waals surface area contributed by atoms with Crippen LogP contribution in [0.25, 0.3) is 0 Å². The summed E-state index contributed by atoms with van der Waals surface area (Å²) in [5.41, 5.74) is 4.25. The summed E-state index contributed by atoms with van der Waals surface area (Å²) in [4.78, 5) is 17.0. The molecule has 0 aliphatic carbocycles. The molecule has 2 aromatic carbocycles. The normalized spacial score (nSPS) is 10.3. The number of pyridine rings is 1. The molecule has 3 aromatic rings. The lowest BCUT2D eigenvalue weighted by Crippen LogP contribution is -2.13. The van der Waals surface area contributed by atoms with E-state index < -0.39 is 0 Å². The third kappa shape index (κ3) is 4.59. The first-order valence-corrected chi connectivity index (χ1v) is 8.83. The van der Waals surface area contributed by atoms with Crippen molar-refractivity contribution in [1.29, 1.82) is 0 Å². The molecule has 28 heavy (non-hydrogen) atoms. The first-order valence-electron chi connectivity index (χ1n) is 8.83. The van der Waals surface area contributed by atoms with Crippen LogP contribution in [0.1, 0.15) is 21.5 Å². The van der Waals surface area contributed by atoms with Crippen molar-refractivity contribution < 1.29 is 14.3 Å². The predicted octanol–water partition coefficient (Wildman–Crippen LogP) is 4.71. The summed E-state index contributed by atoms with van der Waals surface area (Å²) in [6.07, 6.45) is 1.60. The van der Waals surface area contributed by atoms with Crippen molar-refractivity contribution in [3.05, 3.63) is 71.4 Å². The highest BCUT2D eigenvalue weighted by atomic mass is 16.5. The van der Waals surface area contributed by atoms with E-state index in [1.54, 1.807) is 50.7 Å². The maximum atomic E-state index is 12.7. The molecule has 2 N–H and O–H groups in total. The van der Waals surface area contributed by atoms with Gasteiger partial charge in [-0.3, -0.25) is 4.79 Å². The minimum absolute atomic E-state index is 0.266. The summed E-state index contributed by atoms with van der Waals surface area (Å²) in [5, 5.41) is 6.11. The number of anilines is 3. The molecular weight excluding hydrogens is 354 g/mol. The molecule has 144 valence electrons. The van der Waals surface area contributed by atoms with Gasteiger partial charge in [0.25, 0.3) is 5.91 Å². The zero-order valence-electron chi connectivity index (χ0n) is 16.4. The second-order valence-corrected chi connectivity index (χ2v) is 6.45. The molecule has 0 bridgehead atoms. The van der Waals surface area contributed by atoms with Crippen LogP contribution >= 0.6 is 0 Å². The minimum Gasteiger partial charge on any atom is -0.497 e. The number of nitrogens with one attached hydrogen (secondary N) is 2. The van der Waals surface area contributed by atoms with E-state index in [0.29, 0.717) is 28.6 Å². The zero-order valence-corrected chi connectivity index (χ0v) is 16.4. The Labute approximate surface area is 164 Å². The number of hydrogen-bond acceptors (Lipinski definition) is 5. The Bertz CT molecular complexity index is 982. The smallest absolute Gasteiger partial charge is 0.255 e. The fourth-order valence-corrected chi connectivity index (χ4v) is 2.94. The highest BCUT2D eigenvalue weighted by Crippen LogP contribution is 2.29. The Morgan fingerprint density at radius 1 is 0.929 bits per heavy atom. The molecule has 0 unspecified atom stereocenters. The van der Waals surface area contributed by atoms with Crippen LogP contribution in [0, 0.1) is 13.8 Å². The number of ether oxygens (including phenoxy) is 2. The van der Waals surface area contributed by atoms with E-state index in [9.17, 15) is 4.79 Å². The Balaban J connectivity index is 1.81. The average Bonchev–Trinajstić information content (AvgIpc) is 2.67. The SMILES string of the molecule is COc1ccc(OC)c(NC(=O)c2ccnc(Nc3cc(C)cc(C)c3)c2)c1. The number of methoxy groups -OCH3 is 2. The molecule has 0 radical (unpaired) electrons. The zero-order chi connectivity index (χ0) is 20.1. The topological polar surface area (TPSA) is 72.5 Å². The largest absolute Gasteiger partial charge is 0.497 e. The van der Waals surface area contributed by atoms with Gasteiger partial charge < -0.3 is 20.1 Å². The molecule has 0 saturated heterocycles. The molecule has 0 aliphatic heterocycles. The van der Waals surface area contributed by atoms with Gasteiger partial charge >= 0.3 is 0 Å². The number of carbonyl (C=O) groups excluding carboxylic acids is 1. The van der Waals surface area contributed by atoms with Gasteiger partial charge in [0.15, 0.2) is 0 Å². The van der Waals surface area contributed by atoms with Crippen LogP contribution in [-0.4, -0.2) is 25.1 Å². The molecule has 3 rings (SSSR count). The van der Waals surface area contributed by atoms with Crippen molar-refractivity contribution in [2.24, 2.45) is 0 Å². The van der Waals surface area contributed by atoms with Crippen molar-refractivity contribution >= 4 is 23.1 Å². The van der Waals surface area contributed by atoms with Gasteiger partial charge in [0.2, 0.25) is 0 Å². The lowest BCUT2D eigenvalue weighted by molar-refractivity contribution is 0.102. The number of aryl methyl sites for hydroxylation is 2. The van der Waals surface area contributed by atoms with Crippen molar-refractivity contribution in [3.63, 3.8) is 0 Å². The number of benzene rings is 2. The number of nitrogens with zero attached hydrogens (tertiary/aromatic N) is 1. The molecule has 0 aliphatic rings. The molecule has 0 spiro atoms. The van der Waals surface area contributed by atoms with E-state index in [1.165, 1.54) is 0 Å². The van der Waals surface area contributed by atoms with Crippen molar-refractivity contribution in [2.75, 3.05) is 24.9 Å². The van der Waals surface area contributed by atoms with Crippen LogP contribution in [0.5, 0.6) is 11.5 Å². The van der Waals surface area contributed by atoms with Crippen molar-refractivity contribution in [2.45, 2.75) is 13.8 Å². The summed E-state index contributed by atoms with van der Waals surface area (Å²) < 4.78 is 10.5. The third-order valence-corrected chi connectivity index (χ3v) is 4.17. The Morgan fingerprint density at radius 3 is 2.36 bits per heavy atom. The summed E-state index contributed by atoms with van der Waals surface area (Å²) in [6.45, 7) is 4.08. The number of hydrogen-bond donors (Lipinski definition) is 2. The molecular formula is C22H23N3O3. The Hall–Kier alpha value is -3.54. The summed E-state index contributed by atoms with van der Waals surface area (Å²) in [7, 11) is 3.12. The van der Waals surface area contributed by atoms with Crippen molar-refractivity contribution in [3.8, 4) is 11.5 Å². The second kappa shape index (κ2) is 8.43. The number of carbonyl (C=O) groups is 1. The maximum absolute atomic E-state index is 12.7. The fraction of sp³-hybridized carbons (Fsp3) is 0.182. The van der Waals surface area contributed by atoms with Crippen LogP contribution in [-0.2, 0) is 0 Å². The summed E-state index contributed by atoms with van der Waals surface area (Å²) >= 11 is 0.